The average Bonchev–Trinajstić information content (AvgIpc) is 2.66. The van der Waals surface area contributed by atoms with Gasteiger partial charge in [-0.15, -0.1) is 0 Å². The molecule has 2 rings (SSSR count). The van der Waals surface area contributed by atoms with Crippen molar-refractivity contribution in [2.45, 2.75) is 33.2 Å². The number of aryl methyl sites for hydroxylation is 2. The number of aromatic nitrogens is 2. The van der Waals surface area contributed by atoms with Crippen molar-refractivity contribution in [2.24, 2.45) is 13.0 Å². The fourth-order valence-corrected chi connectivity index (χ4v) is 3.18. The zero-order chi connectivity index (χ0) is 14.7. The number of carbonyl (C=O) groups is 1. The molecule has 1 aromatic rings. The number of hydrogen-bond acceptors (Lipinski definition) is 4. The molecule has 1 aliphatic heterocycles. The van der Waals surface area contributed by atoms with E-state index in [4.69, 9.17) is 4.74 Å². The van der Waals surface area contributed by atoms with Crippen LogP contribution in [0.15, 0.2) is 4.47 Å². The summed E-state index contributed by atoms with van der Waals surface area (Å²) >= 11 is 3.60. The highest BCUT2D eigenvalue weighted by molar-refractivity contribution is 9.10. The van der Waals surface area contributed by atoms with Crippen LogP contribution >= 0.6 is 15.9 Å². The second-order valence-electron chi connectivity index (χ2n) is 5.30. The van der Waals surface area contributed by atoms with Gasteiger partial charge < -0.3 is 4.74 Å². The molecule has 112 valence electrons. The van der Waals surface area contributed by atoms with E-state index in [-0.39, 0.29) is 11.9 Å². The highest BCUT2D eigenvalue weighted by Crippen LogP contribution is 2.25. The van der Waals surface area contributed by atoms with E-state index in [9.17, 15) is 4.79 Å². The van der Waals surface area contributed by atoms with Crippen LogP contribution in [-0.4, -0.2) is 40.3 Å². The third-order valence-corrected chi connectivity index (χ3v) is 4.79. The van der Waals surface area contributed by atoms with E-state index in [2.05, 4.69) is 25.9 Å². The summed E-state index contributed by atoms with van der Waals surface area (Å²) in [5.41, 5.74) is 2.16. The molecule has 1 saturated heterocycles. The van der Waals surface area contributed by atoms with Crippen LogP contribution in [0.25, 0.3) is 0 Å². The number of rotatable bonds is 4. The van der Waals surface area contributed by atoms with Crippen LogP contribution in [-0.2, 0) is 23.1 Å². The number of likely N-dealkylation sites (tertiary alicyclic amines) is 1. The lowest BCUT2D eigenvalue weighted by molar-refractivity contribution is -0.150. The summed E-state index contributed by atoms with van der Waals surface area (Å²) in [6, 6.07) is 0. The monoisotopic (exact) mass is 343 g/mol. The first-order valence-corrected chi connectivity index (χ1v) is 7.89. The summed E-state index contributed by atoms with van der Waals surface area (Å²) in [6.07, 6.45) is 1.97. The maximum absolute atomic E-state index is 11.9. The molecule has 2 heterocycles. The first-order valence-electron chi connectivity index (χ1n) is 7.09. The van der Waals surface area contributed by atoms with Gasteiger partial charge in [0, 0.05) is 20.1 Å². The molecule has 0 aromatic carbocycles. The van der Waals surface area contributed by atoms with Crippen LogP contribution in [0.1, 0.15) is 31.2 Å². The van der Waals surface area contributed by atoms with Gasteiger partial charge in [0.15, 0.2) is 0 Å². The molecule has 0 N–H and O–H groups in total. The fourth-order valence-electron chi connectivity index (χ4n) is 2.72. The number of hydrogen-bond donors (Lipinski definition) is 0. The van der Waals surface area contributed by atoms with Gasteiger partial charge in [0.25, 0.3) is 0 Å². The number of halogens is 1. The van der Waals surface area contributed by atoms with Gasteiger partial charge in [-0.05, 0) is 49.2 Å². The van der Waals surface area contributed by atoms with Crippen molar-refractivity contribution < 1.29 is 9.53 Å². The van der Waals surface area contributed by atoms with Gasteiger partial charge in [-0.2, -0.15) is 5.10 Å². The van der Waals surface area contributed by atoms with Crippen LogP contribution < -0.4 is 0 Å². The maximum atomic E-state index is 11.9. The Morgan fingerprint density at radius 1 is 1.55 bits per heavy atom. The highest BCUT2D eigenvalue weighted by Gasteiger charge is 2.27. The first-order chi connectivity index (χ1) is 9.52. The Hall–Kier alpha value is -0.880. The molecule has 1 aromatic heterocycles. The molecule has 0 amide bonds. The van der Waals surface area contributed by atoms with Crippen LogP contribution in [0, 0.1) is 12.8 Å². The van der Waals surface area contributed by atoms with Crippen LogP contribution in [0.4, 0.5) is 0 Å². The molecule has 0 spiro atoms. The predicted molar refractivity (Wildman–Crippen MR) is 80.3 cm³/mol. The Balaban J connectivity index is 2.01. The standard InChI is InChI=1S/C14H22BrN3O2/c1-4-20-14(19)11-6-5-7-18(8-11)9-12-13(15)10(2)16-17(12)3/h11H,4-9H2,1-3H3. The topological polar surface area (TPSA) is 47.4 Å². The Bertz CT molecular complexity index is 487. The summed E-state index contributed by atoms with van der Waals surface area (Å²) in [7, 11) is 1.96. The Morgan fingerprint density at radius 3 is 2.90 bits per heavy atom. The van der Waals surface area contributed by atoms with E-state index < -0.39 is 0 Å². The van der Waals surface area contributed by atoms with Crippen molar-refractivity contribution in [3.05, 3.63) is 15.9 Å². The second-order valence-corrected chi connectivity index (χ2v) is 6.09. The number of piperidine rings is 1. The lowest BCUT2D eigenvalue weighted by atomic mass is 9.98. The minimum Gasteiger partial charge on any atom is -0.466 e. The van der Waals surface area contributed by atoms with E-state index in [0.29, 0.717) is 6.61 Å². The van der Waals surface area contributed by atoms with Gasteiger partial charge in [-0.3, -0.25) is 14.4 Å². The highest BCUT2D eigenvalue weighted by atomic mass is 79.9. The van der Waals surface area contributed by atoms with E-state index in [1.807, 2.05) is 25.6 Å². The van der Waals surface area contributed by atoms with Crippen molar-refractivity contribution >= 4 is 21.9 Å². The number of carbonyl (C=O) groups excluding carboxylic acids is 1. The minimum absolute atomic E-state index is 0.0109. The molecule has 0 bridgehead atoms. The fraction of sp³-hybridized carbons (Fsp3) is 0.714. The van der Waals surface area contributed by atoms with E-state index in [0.717, 1.165) is 48.3 Å². The van der Waals surface area contributed by atoms with Gasteiger partial charge in [0.05, 0.1) is 28.4 Å². The first kappa shape index (κ1) is 15.5. The zero-order valence-electron chi connectivity index (χ0n) is 12.4. The summed E-state index contributed by atoms with van der Waals surface area (Å²) in [5, 5.41) is 4.41. The van der Waals surface area contributed by atoms with Gasteiger partial charge in [0.1, 0.15) is 0 Å². The molecule has 0 aliphatic carbocycles. The quantitative estimate of drug-likeness (QED) is 0.787. The third kappa shape index (κ3) is 3.41. The van der Waals surface area contributed by atoms with Crippen molar-refractivity contribution in [2.75, 3.05) is 19.7 Å². The largest absolute Gasteiger partial charge is 0.466 e. The smallest absolute Gasteiger partial charge is 0.310 e. The average molecular weight is 344 g/mol. The lowest BCUT2D eigenvalue weighted by Gasteiger charge is -2.31. The molecule has 1 fully saturated rings. The third-order valence-electron chi connectivity index (χ3n) is 3.76. The summed E-state index contributed by atoms with van der Waals surface area (Å²) < 4.78 is 8.12. The van der Waals surface area contributed by atoms with E-state index in [1.54, 1.807) is 0 Å². The maximum Gasteiger partial charge on any atom is 0.310 e. The molecule has 20 heavy (non-hydrogen) atoms. The van der Waals surface area contributed by atoms with Crippen LogP contribution in [0.2, 0.25) is 0 Å². The molecule has 0 saturated carbocycles. The minimum atomic E-state index is -0.0579. The summed E-state index contributed by atoms with van der Waals surface area (Å²) in [4.78, 5) is 14.2. The summed E-state index contributed by atoms with van der Waals surface area (Å²) in [6.45, 7) is 6.91. The van der Waals surface area contributed by atoms with Gasteiger partial charge in [-0.1, -0.05) is 0 Å². The summed E-state index contributed by atoms with van der Waals surface area (Å²) in [5.74, 6) is -0.0470. The molecular formula is C14H22BrN3O2. The van der Waals surface area contributed by atoms with Crippen LogP contribution in [0.3, 0.4) is 0 Å². The van der Waals surface area contributed by atoms with E-state index in [1.165, 1.54) is 0 Å². The Labute approximate surface area is 128 Å². The van der Waals surface area contributed by atoms with Gasteiger partial charge >= 0.3 is 5.97 Å². The number of ether oxygens (including phenoxy) is 1. The predicted octanol–water partition coefficient (Wildman–Crippen LogP) is 2.27. The molecular weight excluding hydrogens is 322 g/mol. The SMILES string of the molecule is CCOC(=O)C1CCCN(Cc2c(Br)c(C)nn2C)C1. The van der Waals surface area contributed by atoms with Crippen LogP contribution in [0.5, 0.6) is 0 Å². The number of esters is 1. The Morgan fingerprint density at radius 2 is 2.30 bits per heavy atom. The molecule has 1 unspecified atom stereocenters. The molecule has 1 atom stereocenters. The Kier molecular flexibility index (Phi) is 5.21. The lowest BCUT2D eigenvalue weighted by Crippen LogP contribution is -2.39. The van der Waals surface area contributed by atoms with Crippen molar-refractivity contribution in [3.63, 3.8) is 0 Å². The molecule has 1 aliphatic rings. The van der Waals surface area contributed by atoms with Crippen molar-refractivity contribution in [1.82, 2.24) is 14.7 Å². The van der Waals surface area contributed by atoms with Gasteiger partial charge in [-0.25, -0.2) is 0 Å². The second kappa shape index (κ2) is 6.72. The molecule has 6 heteroatoms. The van der Waals surface area contributed by atoms with Gasteiger partial charge in [0.2, 0.25) is 0 Å². The zero-order valence-corrected chi connectivity index (χ0v) is 13.9. The van der Waals surface area contributed by atoms with Crippen molar-refractivity contribution in [3.8, 4) is 0 Å². The van der Waals surface area contributed by atoms with Crippen molar-refractivity contribution in [1.29, 1.82) is 0 Å². The normalized spacial score (nSPS) is 20.1. The molecule has 5 nitrogen and oxygen atoms in total. The number of nitrogens with zero attached hydrogens (tertiary/aromatic N) is 3. The van der Waals surface area contributed by atoms with E-state index >= 15 is 0 Å². The molecule has 0 radical (unpaired) electrons.